The van der Waals surface area contributed by atoms with E-state index in [-0.39, 0.29) is 41.6 Å². The zero-order valence-corrected chi connectivity index (χ0v) is 40.1. The number of aromatic nitrogens is 3. The quantitative estimate of drug-likeness (QED) is 0.110. The molecule has 3 N–H and O–H groups in total. The van der Waals surface area contributed by atoms with E-state index in [0.717, 1.165) is 60.2 Å². The Morgan fingerprint density at radius 1 is 0.797 bits per heavy atom. The summed E-state index contributed by atoms with van der Waals surface area (Å²) in [6, 6.07) is 9.33. The molecule has 3 aliphatic rings. The number of nitrogens with one attached hydrogen (secondary N) is 3. The van der Waals surface area contributed by atoms with Gasteiger partial charge in [0.25, 0.3) is 5.91 Å². The number of hydrogen-bond acceptors (Lipinski definition) is 10. The number of carbonyl (C=O) groups excluding carboxylic acids is 5. The molecule has 0 saturated carbocycles. The van der Waals surface area contributed by atoms with E-state index >= 15 is 0 Å². The van der Waals surface area contributed by atoms with Gasteiger partial charge in [0.2, 0.25) is 11.8 Å². The second-order valence-corrected chi connectivity index (χ2v) is 24.7. The molecule has 5 heterocycles. The Hall–Kier alpha value is -5.36. The SMILES string of the molecule is COC(=O)N[C@H](C(=O)N1CCC[C@H]1c1cc(C(=O)N2CCN(c3ccc(-c4cnc([C@@H]5CCCN5C(=O)[C@@H](NC(=O)OC)C(C)C)n4COCC[Si](C)(C)C)cc3)CC2)c[nH]1)C(C)C. The summed E-state index contributed by atoms with van der Waals surface area (Å²) in [6.07, 6.45) is 5.46. The number of anilines is 1. The lowest BCUT2D eigenvalue weighted by Gasteiger charge is -2.36. The number of amides is 5. The molecule has 64 heavy (non-hydrogen) atoms. The molecule has 0 bridgehead atoms. The maximum atomic E-state index is 14.0. The molecule has 0 unspecified atom stereocenters. The summed E-state index contributed by atoms with van der Waals surface area (Å²) < 4.78 is 18.0. The molecule has 350 valence electrons. The molecule has 0 aliphatic carbocycles. The number of methoxy groups -OCH3 is 2. The van der Waals surface area contributed by atoms with Crippen molar-refractivity contribution < 1.29 is 38.2 Å². The van der Waals surface area contributed by atoms with Crippen molar-refractivity contribution in [3.8, 4) is 11.3 Å². The van der Waals surface area contributed by atoms with E-state index in [1.165, 1.54) is 14.2 Å². The molecule has 3 aliphatic heterocycles. The van der Waals surface area contributed by atoms with Crippen molar-refractivity contribution in [3.05, 3.63) is 59.8 Å². The zero-order valence-electron chi connectivity index (χ0n) is 39.1. The second kappa shape index (κ2) is 21.1. The highest BCUT2D eigenvalue weighted by Gasteiger charge is 2.40. The number of likely N-dealkylation sites (tertiary alicyclic amines) is 2. The molecule has 18 heteroatoms. The summed E-state index contributed by atoms with van der Waals surface area (Å²) in [7, 11) is 1.24. The van der Waals surface area contributed by atoms with Gasteiger partial charge in [0.15, 0.2) is 0 Å². The van der Waals surface area contributed by atoms with Gasteiger partial charge in [-0.25, -0.2) is 14.6 Å². The Bertz CT molecular complexity index is 2090. The van der Waals surface area contributed by atoms with E-state index in [1.807, 2.05) is 49.8 Å². The maximum absolute atomic E-state index is 14.0. The van der Waals surface area contributed by atoms with E-state index in [9.17, 15) is 24.0 Å². The molecule has 3 aromatic rings. The first kappa shape index (κ1) is 48.1. The molecule has 1 aromatic carbocycles. The minimum atomic E-state index is -1.33. The number of H-pyrrole nitrogens is 1. The number of alkyl carbamates (subject to hydrolysis) is 2. The summed E-state index contributed by atoms with van der Waals surface area (Å²) in [6.45, 7) is 19.1. The second-order valence-electron chi connectivity index (χ2n) is 19.0. The predicted octanol–water partition coefficient (Wildman–Crippen LogP) is 6.24. The van der Waals surface area contributed by atoms with Crippen molar-refractivity contribution in [3.63, 3.8) is 0 Å². The Labute approximate surface area is 378 Å². The molecule has 6 rings (SSSR count). The van der Waals surface area contributed by atoms with Gasteiger partial charge >= 0.3 is 12.2 Å². The highest BCUT2D eigenvalue weighted by molar-refractivity contribution is 6.76. The number of nitrogens with zero attached hydrogens (tertiary/aromatic N) is 6. The molecule has 2 aromatic heterocycles. The number of imidazole rings is 1. The van der Waals surface area contributed by atoms with Crippen LogP contribution in [0.3, 0.4) is 0 Å². The molecular weight excluding hydrogens is 835 g/mol. The van der Waals surface area contributed by atoms with Crippen LogP contribution < -0.4 is 15.5 Å². The van der Waals surface area contributed by atoms with E-state index in [0.29, 0.717) is 58.2 Å². The van der Waals surface area contributed by atoms with Gasteiger partial charge < -0.3 is 54.0 Å². The molecule has 4 atom stereocenters. The van der Waals surface area contributed by atoms with Crippen LogP contribution in [0, 0.1) is 11.8 Å². The molecule has 3 fully saturated rings. The standard InChI is InChI=1S/C46H69N9O8Si/c1-30(2)39(49-45(59)61-5)43(57)53-18-10-12-36(53)35-26-33(27-47-35)42(56)52-22-20-51(21-23-52)34-16-14-32(15-17-34)38-28-48-41(55(38)29-63-24-25-64(7,8)9)37-13-11-19-54(37)44(58)40(31(3)4)50-46(60)62-6/h14-17,26-28,30-31,36-37,39-40,47H,10-13,18-25,29H2,1-9H3,(H,49,59)(H,50,60)/t36-,37-,39-,40-/m0/s1. The largest absolute Gasteiger partial charge is 0.453 e. The number of benzene rings is 1. The van der Waals surface area contributed by atoms with Gasteiger partial charge in [0, 0.05) is 71.5 Å². The van der Waals surface area contributed by atoms with Crippen LogP contribution in [-0.2, 0) is 30.5 Å². The van der Waals surface area contributed by atoms with Crippen LogP contribution in [0.15, 0.2) is 42.7 Å². The zero-order chi connectivity index (χ0) is 46.3. The first-order valence-electron chi connectivity index (χ1n) is 22.8. The molecule has 0 spiro atoms. The summed E-state index contributed by atoms with van der Waals surface area (Å²) >= 11 is 0. The molecular formula is C46H69N9O8Si. The van der Waals surface area contributed by atoms with E-state index in [4.69, 9.17) is 19.2 Å². The number of aromatic amines is 1. The first-order valence-corrected chi connectivity index (χ1v) is 26.5. The Balaban J connectivity index is 1.12. The third-order valence-electron chi connectivity index (χ3n) is 12.7. The highest BCUT2D eigenvalue weighted by Crippen LogP contribution is 2.36. The van der Waals surface area contributed by atoms with Gasteiger partial charge in [0.1, 0.15) is 24.6 Å². The molecule has 0 radical (unpaired) electrons. The van der Waals surface area contributed by atoms with E-state index < -0.39 is 32.3 Å². The van der Waals surface area contributed by atoms with Crippen molar-refractivity contribution in [2.75, 3.05) is 65.0 Å². The van der Waals surface area contributed by atoms with E-state index in [1.54, 1.807) is 11.1 Å². The molecule has 5 amide bonds. The lowest BCUT2D eigenvalue weighted by Crippen LogP contribution is -2.51. The topological polar surface area (TPSA) is 184 Å². The Morgan fingerprint density at radius 3 is 1.91 bits per heavy atom. The first-order chi connectivity index (χ1) is 30.5. The Morgan fingerprint density at radius 2 is 1.36 bits per heavy atom. The number of ether oxygens (including phenoxy) is 3. The van der Waals surface area contributed by atoms with Gasteiger partial charge in [-0.3, -0.25) is 14.4 Å². The lowest BCUT2D eigenvalue weighted by atomic mass is 10.0. The maximum Gasteiger partial charge on any atom is 0.407 e. The minimum absolute atomic E-state index is 0.0566. The fraction of sp³-hybridized carbons (Fsp3) is 0.609. The number of piperazine rings is 1. The normalized spacial score (nSPS) is 19.0. The predicted molar refractivity (Wildman–Crippen MR) is 246 cm³/mol. The van der Waals surface area contributed by atoms with Crippen LogP contribution >= 0.6 is 0 Å². The lowest BCUT2D eigenvalue weighted by molar-refractivity contribution is -0.136. The van der Waals surface area contributed by atoms with Crippen LogP contribution in [-0.4, -0.2) is 139 Å². The summed E-state index contributed by atoms with van der Waals surface area (Å²) in [4.78, 5) is 81.6. The van der Waals surface area contributed by atoms with Crippen LogP contribution in [0.5, 0.6) is 0 Å². The summed E-state index contributed by atoms with van der Waals surface area (Å²) in [5.41, 5.74) is 4.28. The van der Waals surface area contributed by atoms with Gasteiger partial charge in [-0.05, 0) is 67.3 Å². The van der Waals surface area contributed by atoms with Crippen LogP contribution in [0.2, 0.25) is 25.7 Å². The third kappa shape index (κ3) is 11.3. The fourth-order valence-electron chi connectivity index (χ4n) is 8.89. The van der Waals surface area contributed by atoms with Crippen molar-refractivity contribution in [1.29, 1.82) is 0 Å². The van der Waals surface area contributed by atoms with Crippen molar-refractivity contribution >= 4 is 43.7 Å². The van der Waals surface area contributed by atoms with Gasteiger partial charge in [-0.1, -0.05) is 59.5 Å². The number of hydrogen-bond donors (Lipinski definition) is 3. The van der Waals surface area contributed by atoms with Crippen LogP contribution in [0.4, 0.5) is 15.3 Å². The van der Waals surface area contributed by atoms with Crippen molar-refractivity contribution in [1.82, 2.24) is 39.9 Å². The summed E-state index contributed by atoms with van der Waals surface area (Å²) in [5, 5.41) is 5.43. The van der Waals surface area contributed by atoms with Crippen LogP contribution in [0.25, 0.3) is 11.3 Å². The monoisotopic (exact) mass is 904 g/mol. The van der Waals surface area contributed by atoms with Gasteiger partial charge in [-0.15, -0.1) is 0 Å². The highest BCUT2D eigenvalue weighted by atomic mass is 28.3. The van der Waals surface area contributed by atoms with Crippen LogP contribution in [0.1, 0.15) is 87.3 Å². The molecule has 3 saturated heterocycles. The Kier molecular flexibility index (Phi) is 15.8. The minimum Gasteiger partial charge on any atom is -0.453 e. The average molecular weight is 904 g/mol. The number of rotatable bonds is 16. The third-order valence-corrected chi connectivity index (χ3v) is 14.4. The average Bonchev–Trinajstić information content (AvgIpc) is 4.12. The summed E-state index contributed by atoms with van der Waals surface area (Å²) in [5.74, 6) is 0.116. The van der Waals surface area contributed by atoms with Gasteiger partial charge in [-0.2, -0.15) is 0 Å². The number of carbonyl (C=O) groups is 5. The molecule has 17 nitrogen and oxygen atoms in total. The van der Waals surface area contributed by atoms with Gasteiger partial charge in [0.05, 0.1) is 43.8 Å². The van der Waals surface area contributed by atoms with Crippen molar-refractivity contribution in [2.24, 2.45) is 11.8 Å². The smallest absolute Gasteiger partial charge is 0.407 e. The fourth-order valence-corrected chi connectivity index (χ4v) is 9.64. The van der Waals surface area contributed by atoms with E-state index in [2.05, 4.69) is 69.0 Å². The van der Waals surface area contributed by atoms with Crippen molar-refractivity contribution in [2.45, 2.75) is 110 Å².